The van der Waals surface area contributed by atoms with Crippen LogP contribution in [0.2, 0.25) is 5.02 Å². The van der Waals surface area contributed by atoms with E-state index < -0.39 is 40.6 Å². The molecule has 0 radical (unpaired) electrons. The molecule has 1 saturated carbocycles. The Hall–Kier alpha value is -3.42. The summed E-state index contributed by atoms with van der Waals surface area (Å²) in [5.41, 5.74) is 0.305. The largest absolute Gasteiger partial charge is 0.480 e. The number of aryl methyl sites for hydroxylation is 1. The van der Waals surface area contributed by atoms with E-state index in [0.29, 0.717) is 51.0 Å². The van der Waals surface area contributed by atoms with Gasteiger partial charge >= 0.3 is 5.97 Å². The second-order valence-corrected chi connectivity index (χ2v) is 13.6. The molecule has 45 heavy (non-hydrogen) atoms. The van der Waals surface area contributed by atoms with Crippen molar-refractivity contribution in [1.29, 1.82) is 0 Å². The number of hydrogen-bond donors (Lipinski definition) is 1. The van der Waals surface area contributed by atoms with Crippen LogP contribution in [0.5, 0.6) is 0 Å². The Labute approximate surface area is 273 Å². The van der Waals surface area contributed by atoms with Crippen molar-refractivity contribution in [3.8, 4) is 0 Å². The van der Waals surface area contributed by atoms with Crippen molar-refractivity contribution in [3.63, 3.8) is 0 Å². The lowest BCUT2D eigenvalue weighted by atomic mass is 9.49. The molecule has 2 aliphatic carbocycles. The number of fused-ring (bicyclic) bond motifs is 2. The van der Waals surface area contributed by atoms with Gasteiger partial charge in [0.2, 0.25) is 5.91 Å². The minimum absolute atomic E-state index is 0.00317. The normalized spacial score (nSPS) is 26.6. The number of amides is 1. The Morgan fingerprint density at radius 2 is 1.89 bits per heavy atom. The van der Waals surface area contributed by atoms with Gasteiger partial charge in [0, 0.05) is 45.8 Å². The first-order valence-corrected chi connectivity index (χ1v) is 16.0. The number of hydrogen-bond acceptors (Lipinski definition) is 5. The van der Waals surface area contributed by atoms with Crippen LogP contribution in [0.25, 0.3) is 0 Å². The summed E-state index contributed by atoms with van der Waals surface area (Å²) in [6, 6.07) is 9.76. The van der Waals surface area contributed by atoms with Crippen molar-refractivity contribution < 1.29 is 28.2 Å². The summed E-state index contributed by atoms with van der Waals surface area (Å²) in [4.78, 5) is 42.0. The van der Waals surface area contributed by atoms with Gasteiger partial charge in [0.05, 0.1) is 12.5 Å². The van der Waals surface area contributed by atoms with Crippen molar-refractivity contribution in [2.24, 2.45) is 17.8 Å². The van der Waals surface area contributed by atoms with Gasteiger partial charge in [0.1, 0.15) is 17.4 Å². The summed E-state index contributed by atoms with van der Waals surface area (Å²) in [5, 5.41) is 3.89. The van der Waals surface area contributed by atoms with E-state index in [1.54, 1.807) is 44.2 Å². The number of rotatable bonds is 6. The first kappa shape index (κ1) is 33.0. The first-order valence-electron chi connectivity index (χ1n) is 15.2. The maximum absolute atomic E-state index is 15.1. The zero-order chi connectivity index (χ0) is 32.8. The molecule has 3 aliphatic rings. The van der Waals surface area contributed by atoms with Gasteiger partial charge < -0.3 is 14.8 Å². The number of methoxy groups -OCH3 is 1. The number of ketones is 1. The van der Waals surface area contributed by atoms with E-state index in [1.165, 1.54) is 19.2 Å². The lowest BCUT2D eigenvalue weighted by Crippen LogP contribution is -2.56. The molecule has 5 atom stereocenters. The molecule has 238 valence electrons. The lowest BCUT2D eigenvalue weighted by Gasteiger charge is -2.50. The summed E-state index contributed by atoms with van der Waals surface area (Å²) in [5.74, 6) is -3.36. The number of anilines is 1. The molecule has 2 aromatic carbocycles. The lowest BCUT2D eigenvalue weighted by molar-refractivity contribution is -0.161. The van der Waals surface area contributed by atoms with Crippen LogP contribution in [0.15, 0.2) is 71.0 Å². The summed E-state index contributed by atoms with van der Waals surface area (Å²) in [7, 11) is 1.29. The first-order chi connectivity index (χ1) is 21.3. The maximum Gasteiger partial charge on any atom is 0.349 e. The molecular formula is C36H38Cl2FNO5. The second kappa shape index (κ2) is 12.4. The maximum atomic E-state index is 15.1. The molecule has 0 saturated heterocycles. The summed E-state index contributed by atoms with van der Waals surface area (Å²) < 4.78 is 26.7. The minimum atomic E-state index is -1.40. The van der Waals surface area contributed by atoms with E-state index in [0.717, 1.165) is 5.56 Å². The standard InChI is InChI=1S/C36H38Cl2FNO5/c1-7-24-30(41)18-28(26-15-21(37)10-8-9-20(3)32(26)45-35(4,5)34(43)44-6)36(31(24)25-17-23(39)13-11-19(25)2)27-14-12-22(38)16-29(27)40-33(36)42/h8,10-17,20,24,28,31H,7,9,18H2,1-6H3,(H,40,42). The van der Waals surface area contributed by atoms with Crippen LogP contribution in [-0.4, -0.2) is 30.4 Å². The van der Waals surface area contributed by atoms with Gasteiger partial charge in [0.15, 0.2) is 5.60 Å². The smallest absolute Gasteiger partial charge is 0.349 e. The van der Waals surface area contributed by atoms with E-state index in [4.69, 9.17) is 32.7 Å². The van der Waals surface area contributed by atoms with Gasteiger partial charge in [-0.3, -0.25) is 9.59 Å². The third-order valence-corrected chi connectivity index (χ3v) is 10.0. The number of carbonyl (C=O) groups excluding carboxylic acids is 3. The molecule has 1 spiro atoms. The molecule has 1 fully saturated rings. The minimum Gasteiger partial charge on any atom is -0.480 e. The fourth-order valence-electron chi connectivity index (χ4n) is 7.48. The zero-order valence-corrected chi connectivity index (χ0v) is 27.8. The second-order valence-electron chi connectivity index (χ2n) is 12.7. The monoisotopic (exact) mass is 653 g/mol. The zero-order valence-electron chi connectivity index (χ0n) is 26.3. The summed E-state index contributed by atoms with van der Waals surface area (Å²) in [6.45, 7) is 8.97. The fraction of sp³-hybridized carbons (Fsp3) is 0.417. The van der Waals surface area contributed by atoms with Gasteiger partial charge in [-0.1, -0.05) is 55.3 Å². The van der Waals surface area contributed by atoms with Gasteiger partial charge in [0.25, 0.3) is 0 Å². The average Bonchev–Trinajstić information content (AvgIpc) is 3.26. The molecule has 1 N–H and O–H groups in total. The van der Waals surface area contributed by atoms with Gasteiger partial charge in [-0.15, -0.1) is 0 Å². The van der Waals surface area contributed by atoms with Crippen LogP contribution >= 0.6 is 23.2 Å². The third-order valence-electron chi connectivity index (χ3n) is 9.54. The third kappa shape index (κ3) is 5.63. The summed E-state index contributed by atoms with van der Waals surface area (Å²) in [6.07, 6.45) is 6.40. The Morgan fingerprint density at radius 3 is 2.58 bits per heavy atom. The Balaban J connectivity index is 1.91. The summed E-state index contributed by atoms with van der Waals surface area (Å²) >= 11 is 13.2. The SMILES string of the molecule is CCC1C(=O)CC(C2=C(OC(C)(C)C(=O)OC)C(C)CC=CC(Cl)=C2)C2(C(=O)Nc3cc(Cl)ccc32)C1c1cc(F)ccc1C. The molecule has 6 nitrogen and oxygen atoms in total. The Bertz CT molecular complexity index is 1660. The molecule has 5 unspecified atom stereocenters. The molecule has 5 rings (SSSR count). The average molecular weight is 655 g/mol. The van der Waals surface area contributed by atoms with Crippen molar-refractivity contribution in [2.75, 3.05) is 12.4 Å². The Morgan fingerprint density at radius 1 is 1.16 bits per heavy atom. The van der Waals surface area contributed by atoms with E-state index in [9.17, 15) is 14.4 Å². The van der Waals surface area contributed by atoms with Crippen molar-refractivity contribution in [3.05, 3.63) is 98.5 Å². The van der Waals surface area contributed by atoms with Gasteiger partial charge in [-0.05, 0) is 92.3 Å². The molecule has 1 heterocycles. The van der Waals surface area contributed by atoms with Crippen molar-refractivity contribution >= 4 is 46.5 Å². The van der Waals surface area contributed by atoms with Gasteiger partial charge in [-0.25, -0.2) is 9.18 Å². The number of esters is 1. The van der Waals surface area contributed by atoms with Crippen LogP contribution in [-0.2, 0) is 29.3 Å². The van der Waals surface area contributed by atoms with Crippen molar-refractivity contribution in [1.82, 2.24) is 0 Å². The van der Waals surface area contributed by atoms with Crippen LogP contribution in [0.4, 0.5) is 10.1 Å². The number of benzene rings is 2. The number of halogens is 3. The van der Waals surface area contributed by atoms with Crippen LogP contribution in [0.3, 0.4) is 0 Å². The van der Waals surface area contributed by atoms with Crippen LogP contribution in [0, 0.1) is 30.5 Å². The van der Waals surface area contributed by atoms with Crippen molar-refractivity contribution in [2.45, 2.75) is 70.8 Å². The molecule has 0 bridgehead atoms. The fourth-order valence-corrected chi connectivity index (χ4v) is 7.86. The van der Waals surface area contributed by atoms with Crippen LogP contribution < -0.4 is 5.32 Å². The highest BCUT2D eigenvalue weighted by molar-refractivity contribution is 6.31. The molecule has 9 heteroatoms. The highest BCUT2D eigenvalue weighted by Crippen LogP contribution is 2.62. The predicted molar refractivity (Wildman–Crippen MR) is 174 cm³/mol. The highest BCUT2D eigenvalue weighted by Gasteiger charge is 2.64. The molecular weight excluding hydrogens is 616 g/mol. The molecule has 1 amide bonds. The van der Waals surface area contributed by atoms with E-state index in [1.807, 2.05) is 32.9 Å². The molecule has 1 aliphatic heterocycles. The van der Waals surface area contributed by atoms with E-state index in [-0.39, 0.29) is 24.0 Å². The number of allylic oxidation sites excluding steroid dienone is 6. The quantitative estimate of drug-likeness (QED) is 0.317. The topological polar surface area (TPSA) is 81.7 Å². The molecule has 2 aromatic rings. The van der Waals surface area contributed by atoms with E-state index in [2.05, 4.69) is 5.32 Å². The number of Topliss-reactive ketones (excluding diaryl/α,β-unsaturated/α-hetero) is 1. The van der Waals surface area contributed by atoms with E-state index >= 15 is 4.39 Å². The number of nitrogens with one attached hydrogen (secondary N) is 1. The van der Waals surface area contributed by atoms with Gasteiger partial charge in [-0.2, -0.15) is 0 Å². The number of ether oxygens (including phenoxy) is 2. The number of carbonyl (C=O) groups is 3. The van der Waals surface area contributed by atoms with Crippen LogP contribution in [0.1, 0.15) is 69.6 Å². The highest BCUT2D eigenvalue weighted by atomic mass is 35.5. The Kier molecular flexibility index (Phi) is 9.09. The predicted octanol–water partition coefficient (Wildman–Crippen LogP) is 8.32. The molecule has 0 aromatic heterocycles.